The van der Waals surface area contributed by atoms with E-state index in [0.29, 0.717) is 6.54 Å². The van der Waals surface area contributed by atoms with Gasteiger partial charge in [0.2, 0.25) is 10.0 Å². The third-order valence-corrected chi connectivity index (χ3v) is 6.12. The normalized spacial score (nSPS) is 24.6. The van der Waals surface area contributed by atoms with Crippen LogP contribution in [0, 0.1) is 0 Å². The lowest BCUT2D eigenvalue weighted by Crippen LogP contribution is -2.46. The second-order valence-electron chi connectivity index (χ2n) is 6.22. The Morgan fingerprint density at radius 2 is 1.92 bits per heavy atom. The van der Waals surface area contributed by atoms with E-state index in [1.807, 2.05) is 14.0 Å². The summed E-state index contributed by atoms with van der Waals surface area (Å²) in [7, 11) is -0.0516. The monoisotopic (exact) mass is 410 g/mol. The molecule has 1 saturated heterocycles. The number of sulfonamides is 1. The summed E-state index contributed by atoms with van der Waals surface area (Å²) in [6, 6.07) is 4.53. The molecule has 9 heteroatoms. The average molecular weight is 411 g/mol. The van der Waals surface area contributed by atoms with Crippen molar-refractivity contribution in [1.82, 2.24) is 9.62 Å². The van der Waals surface area contributed by atoms with Crippen LogP contribution >= 0.6 is 23.2 Å². The Kier molecular flexibility index (Phi) is 7.52. The van der Waals surface area contributed by atoms with Crippen molar-refractivity contribution in [2.24, 2.45) is 0 Å². The number of hydrogen-bond donors (Lipinski definition) is 1. The Balaban J connectivity index is 1.90. The van der Waals surface area contributed by atoms with Gasteiger partial charge in [-0.2, -0.15) is 0 Å². The first-order valence-corrected chi connectivity index (χ1v) is 10.3. The van der Waals surface area contributed by atoms with Crippen LogP contribution in [0.2, 0.25) is 10.0 Å². The molecule has 1 aliphatic rings. The van der Waals surface area contributed by atoms with Gasteiger partial charge in [0.15, 0.2) is 6.29 Å². The number of nitrogens with zero attached hydrogens (tertiary/aromatic N) is 1. The lowest BCUT2D eigenvalue weighted by Gasteiger charge is -2.37. The second kappa shape index (κ2) is 8.99. The zero-order valence-corrected chi connectivity index (χ0v) is 16.9. The van der Waals surface area contributed by atoms with Gasteiger partial charge >= 0.3 is 0 Å². The lowest BCUT2D eigenvalue weighted by molar-refractivity contribution is -0.189. The Labute approximate surface area is 159 Å². The van der Waals surface area contributed by atoms with E-state index < -0.39 is 10.0 Å². The Hall–Kier alpha value is -0.410. The molecule has 0 radical (unpaired) electrons. The van der Waals surface area contributed by atoms with E-state index in [2.05, 4.69) is 9.62 Å². The summed E-state index contributed by atoms with van der Waals surface area (Å²) in [5.41, 5.74) is 0. The minimum absolute atomic E-state index is 0.0618. The van der Waals surface area contributed by atoms with E-state index in [-0.39, 0.29) is 39.9 Å². The number of hydrogen-bond acceptors (Lipinski definition) is 5. The van der Waals surface area contributed by atoms with Gasteiger partial charge in [-0.25, -0.2) is 13.1 Å². The van der Waals surface area contributed by atoms with Crippen molar-refractivity contribution < 1.29 is 17.9 Å². The molecule has 0 spiro atoms. The van der Waals surface area contributed by atoms with Crippen molar-refractivity contribution in [2.75, 3.05) is 27.2 Å². The van der Waals surface area contributed by atoms with Crippen LogP contribution in [-0.2, 0) is 19.5 Å². The molecule has 0 unspecified atom stereocenters. The number of nitrogens with one attached hydrogen (secondary N) is 1. The highest BCUT2D eigenvalue weighted by atomic mass is 35.5. The van der Waals surface area contributed by atoms with Crippen LogP contribution < -0.4 is 4.72 Å². The fourth-order valence-electron chi connectivity index (χ4n) is 2.89. The lowest BCUT2D eigenvalue weighted by atomic mass is 10.0. The summed E-state index contributed by atoms with van der Waals surface area (Å²) in [4.78, 5) is 2.19. The molecule has 0 bridgehead atoms. The van der Waals surface area contributed by atoms with Gasteiger partial charge in [0, 0.05) is 42.7 Å². The molecular weight excluding hydrogens is 387 g/mol. The molecule has 1 aliphatic heterocycles. The highest BCUT2D eigenvalue weighted by Gasteiger charge is 2.29. The largest absolute Gasteiger partial charge is 0.356 e. The molecule has 1 heterocycles. The number of halogens is 2. The minimum Gasteiger partial charge on any atom is -0.356 e. The maximum absolute atomic E-state index is 12.4. The number of ether oxygens (including phenoxy) is 2. The highest BCUT2D eigenvalue weighted by molar-refractivity contribution is 7.89. The van der Waals surface area contributed by atoms with Crippen molar-refractivity contribution in [2.45, 2.75) is 43.1 Å². The highest BCUT2D eigenvalue weighted by Crippen LogP contribution is 2.24. The third-order valence-electron chi connectivity index (χ3n) is 4.24. The molecule has 0 aromatic heterocycles. The standard InChI is InChI=1S/C16H24Cl2N2O4S/c1-11-6-14(10-16(23-3)24-11)20(2)5-4-19-25(21,22)15-8-12(17)7-13(18)9-15/h7-9,11,14,16,19H,4-6,10H2,1-3H3/t11-,14+,16-/m1/s1. The first-order chi connectivity index (χ1) is 11.7. The fourth-order valence-corrected chi connectivity index (χ4v) is 4.64. The topological polar surface area (TPSA) is 67.9 Å². The summed E-state index contributed by atoms with van der Waals surface area (Å²) >= 11 is 11.7. The van der Waals surface area contributed by atoms with Crippen molar-refractivity contribution >= 4 is 33.2 Å². The van der Waals surface area contributed by atoms with Crippen LogP contribution in [0.4, 0.5) is 0 Å². The number of methoxy groups -OCH3 is 1. The van der Waals surface area contributed by atoms with Crippen LogP contribution in [0.3, 0.4) is 0 Å². The quantitative estimate of drug-likeness (QED) is 0.748. The van der Waals surface area contributed by atoms with E-state index in [9.17, 15) is 8.42 Å². The molecule has 3 atom stereocenters. The summed E-state index contributed by atoms with van der Waals surface area (Å²) in [6.45, 7) is 2.87. The Morgan fingerprint density at radius 3 is 2.52 bits per heavy atom. The fraction of sp³-hybridized carbons (Fsp3) is 0.625. The van der Waals surface area contributed by atoms with Gasteiger partial charge in [0.1, 0.15) is 0 Å². The molecule has 2 rings (SSSR count). The van der Waals surface area contributed by atoms with Crippen molar-refractivity contribution in [3.8, 4) is 0 Å². The smallest absolute Gasteiger partial charge is 0.240 e. The van der Waals surface area contributed by atoms with E-state index in [0.717, 1.165) is 12.8 Å². The zero-order chi connectivity index (χ0) is 18.6. The predicted molar refractivity (Wildman–Crippen MR) is 98.6 cm³/mol. The van der Waals surface area contributed by atoms with Crippen LogP contribution in [0.1, 0.15) is 19.8 Å². The van der Waals surface area contributed by atoms with Gasteiger partial charge in [-0.1, -0.05) is 23.2 Å². The third kappa shape index (κ3) is 6.06. The SMILES string of the molecule is CO[C@H]1C[C@@H](N(C)CCNS(=O)(=O)c2cc(Cl)cc(Cl)c2)C[C@@H](C)O1. The molecule has 0 aliphatic carbocycles. The average Bonchev–Trinajstić information content (AvgIpc) is 2.53. The maximum atomic E-state index is 12.4. The first-order valence-electron chi connectivity index (χ1n) is 8.05. The summed E-state index contributed by atoms with van der Waals surface area (Å²) in [5, 5.41) is 0.568. The molecule has 0 saturated carbocycles. The molecule has 1 fully saturated rings. The van der Waals surface area contributed by atoms with Crippen LogP contribution in [-0.4, -0.2) is 59.0 Å². The number of likely N-dealkylation sites (N-methyl/N-ethyl adjacent to an activating group) is 1. The molecule has 1 aromatic carbocycles. The molecule has 6 nitrogen and oxygen atoms in total. The van der Waals surface area contributed by atoms with Gasteiger partial charge in [-0.3, -0.25) is 0 Å². The number of benzene rings is 1. The Morgan fingerprint density at radius 1 is 1.28 bits per heavy atom. The van der Waals surface area contributed by atoms with Gasteiger partial charge in [0.05, 0.1) is 11.0 Å². The zero-order valence-electron chi connectivity index (χ0n) is 14.5. The summed E-state index contributed by atoms with van der Waals surface area (Å²) < 4.78 is 38.3. The van der Waals surface area contributed by atoms with Crippen LogP contribution in [0.5, 0.6) is 0 Å². The van der Waals surface area contributed by atoms with E-state index in [1.54, 1.807) is 7.11 Å². The Bertz CT molecular complexity index is 666. The molecular formula is C16H24Cl2N2O4S. The second-order valence-corrected chi connectivity index (χ2v) is 8.86. The van der Waals surface area contributed by atoms with Crippen LogP contribution in [0.15, 0.2) is 23.1 Å². The molecule has 0 amide bonds. The van der Waals surface area contributed by atoms with Gasteiger partial charge in [0.25, 0.3) is 0 Å². The minimum atomic E-state index is -3.65. The summed E-state index contributed by atoms with van der Waals surface area (Å²) in [6.07, 6.45) is 1.53. The van der Waals surface area contributed by atoms with Gasteiger partial charge in [-0.05, 0) is 38.6 Å². The molecule has 1 N–H and O–H groups in total. The van der Waals surface area contributed by atoms with Crippen molar-refractivity contribution in [3.05, 3.63) is 28.2 Å². The van der Waals surface area contributed by atoms with Crippen molar-refractivity contribution in [3.63, 3.8) is 0 Å². The van der Waals surface area contributed by atoms with E-state index >= 15 is 0 Å². The van der Waals surface area contributed by atoms with Gasteiger partial charge < -0.3 is 14.4 Å². The molecule has 142 valence electrons. The molecule has 25 heavy (non-hydrogen) atoms. The summed E-state index contributed by atoms with van der Waals surface area (Å²) in [5.74, 6) is 0. The predicted octanol–water partition coefficient (Wildman–Crippen LogP) is 2.74. The first kappa shape index (κ1) is 20.9. The van der Waals surface area contributed by atoms with E-state index in [4.69, 9.17) is 32.7 Å². The molecule has 1 aromatic rings. The number of rotatable bonds is 7. The van der Waals surface area contributed by atoms with Crippen molar-refractivity contribution in [1.29, 1.82) is 0 Å². The maximum Gasteiger partial charge on any atom is 0.240 e. The van der Waals surface area contributed by atoms with Crippen LogP contribution in [0.25, 0.3) is 0 Å². The van der Waals surface area contributed by atoms with Gasteiger partial charge in [-0.15, -0.1) is 0 Å². The van der Waals surface area contributed by atoms with E-state index in [1.165, 1.54) is 18.2 Å².